The van der Waals surface area contributed by atoms with Crippen molar-refractivity contribution < 1.29 is 13.5 Å². The number of sulfone groups is 1. The normalized spacial score (nSPS) is 12.2. The molecule has 0 fully saturated rings. The molecule has 1 N–H and O–H groups in total. The lowest BCUT2D eigenvalue weighted by Crippen LogP contribution is -2.10. The zero-order chi connectivity index (χ0) is 16.8. The van der Waals surface area contributed by atoms with Crippen LogP contribution in [0.15, 0.2) is 58.5 Å². The fraction of sp³-hybridized carbons (Fsp3) is 0.222. The van der Waals surface area contributed by atoms with E-state index in [0.29, 0.717) is 5.03 Å². The maximum Gasteiger partial charge on any atom is 0.222 e. The van der Waals surface area contributed by atoms with Gasteiger partial charge in [-0.2, -0.15) is 0 Å². The van der Waals surface area contributed by atoms with Crippen LogP contribution in [0.3, 0.4) is 0 Å². The summed E-state index contributed by atoms with van der Waals surface area (Å²) in [6.07, 6.45) is 0. The van der Waals surface area contributed by atoms with Gasteiger partial charge in [-0.1, -0.05) is 32.0 Å². The summed E-state index contributed by atoms with van der Waals surface area (Å²) in [5, 5.41) is 10.7. The van der Waals surface area contributed by atoms with E-state index in [4.69, 9.17) is 0 Å². The highest BCUT2D eigenvalue weighted by Gasteiger charge is 2.29. The van der Waals surface area contributed by atoms with Gasteiger partial charge in [0.05, 0.1) is 4.90 Å². The number of phenolic OH excluding ortho intramolecular Hbond substituents is 1. The van der Waals surface area contributed by atoms with Gasteiger partial charge in [0, 0.05) is 18.0 Å². The Bertz CT molecular complexity index is 967. The molecule has 23 heavy (non-hydrogen) atoms. The molecular formula is C18H19NO3S. The van der Waals surface area contributed by atoms with Gasteiger partial charge in [-0.25, -0.2) is 8.42 Å². The fourth-order valence-electron chi connectivity index (χ4n) is 3.02. The van der Waals surface area contributed by atoms with Gasteiger partial charge in [0.15, 0.2) is 0 Å². The number of aromatic hydroxyl groups is 1. The summed E-state index contributed by atoms with van der Waals surface area (Å²) in [6.45, 7) is 4.00. The Morgan fingerprint density at radius 1 is 1.00 bits per heavy atom. The molecule has 0 saturated carbocycles. The molecule has 1 aromatic heterocycles. The van der Waals surface area contributed by atoms with Gasteiger partial charge in [0.1, 0.15) is 10.8 Å². The van der Waals surface area contributed by atoms with Gasteiger partial charge >= 0.3 is 0 Å². The Morgan fingerprint density at radius 3 is 2.22 bits per heavy atom. The zero-order valence-electron chi connectivity index (χ0n) is 13.3. The Hall–Kier alpha value is -2.27. The van der Waals surface area contributed by atoms with E-state index in [1.165, 1.54) is 24.3 Å². The highest BCUT2D eigenvalue weighted by molar-refractivity contribution is 7.91. The average Bonchev–Trinajstić information content (AvgIpc) is 2.82. The summed E-state index contributed by atoms with van der Waals surface area (Å²) in [5.41, 5.74) is 1.73. The first-order valence-electron chi connectivity index (χ1n) is 7.45. The van der Waals surface area contributed by atoms with E-state index in [2.05, 4.69) is 0 Å². The Labute approximate surface area is 135 Å². The molecule has 2 aromatic carbocycles. The van der Waals surface area contributed by atoms with Gasteiger partial charge in [0.2, 0.25) is 9.84 Å². The molecule has 3 rings (SSSR count). The molecule has 0 aliphatic rings. The number of rotatable bonds is 3. The second-order valence-electron chi connectivity index (χ2n) is 5.95. The first kappa shape index (κ1) is 15.6. The van der Waals surface area contributed by atoms with Crippen molar-refractivity contribution in [2.45, 2.75) is 29.7 Å². The SMILES string of the molecule is CC(C)c1c(S(=O)(=O)c2ccc(O)cc2)n(C)c2ccccc12. The van der Waals surface area contributed by atoms with Crippen LogP contribution in [-0.4, -0.2) is 18.1 Å². The predicted molar refractivity (Wildman–Crippen MR) is 90.6 cm³/mol. The molecule has 4 nitrogen and oxygen atoms in total. The van der Waals surface area contributed by atoms with E-state index in [1.807, 2.05) is 38.1 Å². The highest BCUT2D eigenvalue weighted by atomic mass is 32.2. The number of aryl methyl sites for hydroxylation is 1. The number of hydrogen-bond acceptors (Lipinski definition) is 3. The van der Waals surface area contributed by atoms with Crippen molar-refractivity contribution in [3.63, 3.8) is 0 Å². The van der Waals surface area contributed by atoms with E-state index in [9.17, 15) is 13.5 Å². The van der Waals surface area contributed by atoms with Crippen LogP contribution in [0, 0.1) is 0 Å². The molecule has 1 heterocycles. The number of nitrogens with zero attached hydrogens (tertiary/aromatic N) is 1. The lowest BCUT2D eigenvalue weighted by Gasteiger charge is -2.12. The predicted octanol–water partition coefficient (Wildman–Crippen LogP) is 3.84. The van der Waals surface area contributed by atoms with E-state index >= 15 is 0 Å². The Balaban J connectivity index is 2.37. The summed E-state index contributed by atoms with van der Waals surface area (Å²) >= 11 is 0. The molecular weight excluding hydrogens is 310 g/mol. The van der Waals surface area contributed by atoms with Crippen molar-refractivity contribution in [1.82, 2.24) is 4.57 Å². The van der Waals surface area contributed by atoms with E-state index in [1.54, 1.807) is 11.6 Å². The van der Waals surface area contributed by atoms with Gasteiger partial charge < -0.3 is 9.67 Å². The lowest BCUT2D eigenvalue weighted by atomic mass is 10.0. The van der Waals surface area contributed by atoms with Crippen LogP contribution >= 0.6 is 0 Å². The molecule has 0 saturated heterocycles. The van der Waals surface area contributed by atoms with Crippen molar-refractivity contribution in [2.24, 2.45) is 7.05 Å². The molecule has 0 bridgehead atoms. The van der Waals surface area contributed by atoms with Crippen LogP contribution in [-0.2, 0) is 16.9 Å². The van der Waals surface area contributed by atoms with Gasteiger partial charge in [-0.3, -0.25) is 0 Å². The summed E-state index contributed by atoms with van der Waals surface area (Å²) in [5.74, 6) is 0.119. The van der Waals surface area contributed by atoms with Crippen molar-refractivity contribution in [1.29, 1.82) is 0 Å². The number of hydrogen-bond donors (Lipinski definition) is 1. The maximum absolute atomic E-state index is 13.2. The van der Waals surface area contributed by atoms with Crippen LogP contribution in [0.4, 0.5) is 0 Å². The van der Waals surface area contributed by atoms with Crippen LogP contribution in [0.2, 0.25) is 0 Å². The van der Waals surface area contributed by atoms with Crippen molar-refractivity contribution in [3.8, 4) is 5.75 Å². The lowest BCUT2D eigenvalue weighted by molar-refractivity contribution is 0.474. The fourth-order valence-corrected chi connectivity index (χ4v) is 4.83. The van der Waals surface area contributed by atoms with Gasteiger partial charge in [-0.05, 0) is 41.8 Å². The third-order valence-electron chi connectivity index (χ3n) is 4.07. The Morgan fingerprint density at radius 2 is 1.61 bits per heavy atom. The molecule has 0 radical (unpaired) electrons. The standard InChI is InChI=1S/C18H19NO3S/c1-12(2)17-15-6-4-5-7-16(15)19(3)18(17)23(21,22)14-10-8-13(20)9-11-14/h4-12,20H,1-3H3. The summed E-state index contributed by atoms with van der Waals surface area (Å²) in [6, 6.07) is 13.4. The van der Waals surface area contributed by atoms with Crippen LogP contribution in [0.5, 0.6) is 5.75 Å². The molecule has 0 atom stereocenters. The largest absolute Gasteiger partial charge is 0.508 e. The van der Waals surface area contributed by atoms with Gasteiger partial charge in [0.25, 0.3) is 0 Å². The molecule has 0 aliphatic heterocycles. The Kier molecular flexibility index (Phi) is 3.68. The monoisotopic (exact) mass is 329 g/mol. The quantitative estimate of drug-likeness (QED) is 0.794. The maximum atomic E-state index is 13.2. The minimum Gasteiger partial charge on any atom is -0.508 e. The van der Waals surface area contributed by atoms with Crippen molar-refractivity contribution >= 4 is 20.7 Å². The minimum absolute atomic E-state index is 0.0464. The number of para-hydroxylation sites is 1. The molecule has 0 unspecified atom stereocenters. The summed E-state index contributed by atoms with van der Waals surface area (Å²) in [7, 11) is -1.89. The highest BCUT2D eigenvalue weighted by Crippen LogP contribution is 2.36. The van der Waals surface area contributed by atoms with E-state index in [0.717, 1.165) is 16.5 Å². The average molecular weight is 329 g/mol. The number of fused-ring (bicyclic) bond motifs is 1. The first-order chi connectivity index (χ1) is 10.8. The summed E-state index contributed by atoms with van der Waals surface area (Å²) < 4.78 is 28.1. The third kappa shape index (κ3) is 2.41. The molecule has 120 valence electrons. The van der Waals surface area contributed by atoms with Crippen molar-refractivity contribution in [2.75, 3.05) is 0 Å². The second-order valence-corrected chi connectivity index (χ2v) is 7.81. The molecule has 0 spiro atoms. The minimum atomic E-state index is -3.67. The van der Waals surface area contributed by atoms with E-state index < -0.39 is 9.84 Å². The molecule has 0 amide bonds. The zero-order valence-corrected chi connectivity index (χ0v) is 14.1. The number of aromatic nitrogens is 1. The number of phenols is 1. The number of benzene rings is 2. The van der Waals surface area contributed by atoms with E-state index in [-0.39, 0.29) is 16.6 Å². The van der Waals surface area contributed by atoms with Crippen LogP contribution in [0.25, 0.3) is 10.9 Å². The molecule has 3 aromatic rings. The van der Waals surface area contributed by atoms with Crippen LogP contribution in [0.1, 0.15) is 25.3 Å². The third-order valence-corrected chi connectivity index (χ3v) is 5.97. The first-order valence-corrected chi connectivity index (χ1v) is 8.93. The topological polar surface area (TPSA) is 59.3 Å². The smallest absolute Gasteiger partial charge is 0.222 e. The summed E-state index contributed by atoms with van der Waals surface area (Å²) in [4.78, 5) is 0.183. The molecule has 0 aliphatic carbocycles. The van der Waals surface area contributed by atoms with Crippen LogP contribution < -0.4 is 0 Å². The molecule has 5 heteroatoms. The second kappa shape index (κ2) is 5.42. The van der Waals surface area contributed by atoms with Gasteiger partial charge in [-0.15, -0.1) is 0 Å². The van der Waals surface area contributed by atoms with Crippen molar-refractivity contribution in [3.05, 3.63) is 54.1 Å².